The lowest BCUT2D eigenvalue weighted by Crippen LogP contribution is -2.30. The quantitative estimate of drug-likeness (QED) is 0.298. The maximum atomic E-state index is 12.2. The molecule has 0 amide bonds. The number of carbonyl (C=O) groups excluding carboxylic acids is 1. The predicted octanol–water partition coefficient (Wildman–Crippen LogP) is 6.18. The molecule has 0 aromatic carbocycles. The van der Waals surface area contributed by atoms with Crippen LogP contribution in [0.1, 0.15) is 90.9 Å². The van der Waals surface area contributed by atoms with E-state index in [2.05, 4.69) is 11.7 Å². The van der Waals surface area contributed by atoms with Crippen LogP contribution in [-0.4, -0.2) is 18.2 Å². The van der Waals surface area contributed by atoms with Crippen molar-refractivity contribution in [2.45, 2.75) is 103 Å². The SMILES string of the molecule is CCCCCCCCCCCC(CCC)OC(=O)C(F)(F)F. The molecular weight excluding hydrogens is 293 g/mol. The van der Waals surface area contributed by atoms with E-state index in [-0.39, 0.29) is 0 Å². The molecule has 1 atom stereocenters. The Bertz CT molecular complexity index is 278. The summed E-state index contributed by atoms with van der Waals surface area (Å²) in [5.41, 5.74) is 0. The summed E-state index contributed by atoms with van der Waals surface area (Å²) in [6.07, 6.45) is 6.73. The van der Waals surface area contributed by atoms with Gasteiger partial charge in [-0.15, -0.1) is 0 Å². The van der Waals surface area contributed by atoms with E-state index in [0.29, 0.717) is 19.3 Å². The molecule has 2 nitrogen and oxygen atoms in total. The third-order valence-corrected chi connectivity index (χ3v) is 3.75. The number of ether oxygens (including phenoxy) is 1. The van der Waals surface area contributed by atoms with Gasteiger partial charge in [0.25, 0.3) is 0 Å². The maximum absolute atomic E-state index is 12.2. The number of hydrogen-bond donors (Lipinski definition) is 0. The first-order chi connectivity index (χ1) is 10.4. The molecule has 0 aliphatic carbocycles. The standard InChI is InChI=1S/C17H31F3O2/c1-3-5-6-7-8-9-10-11-12-14-15(13-4-2)22-16(21)17(18,19)20/h15H,3-14H2,1-2H3. The second-order valence-corrected chi connectivity index (χ2v) is 5.93. The van der Waals surface area contributed by atoms with Gasteiger partial charge < -0.3 is 4.74 Å². The summed E-state index contributed by atoms with van der Waals surface area (Å²) >= 11 is 0. The number of esters is 1. The van der Waals surface area contributed by atoms with Gasteiger partial charge in [-0.2, -0.15) is 13.2 Å². The van der Waals surface area contributed by atoms with Crippen LogP contribution < -0.4 is 0 Å². The van der Waals surface area contributed by atoms with Gasteiger partial charge in [-0.05, 0) is 19.3 Å². The monoisotopic (exact) mass is 324 g/mol. The minimum absolute atomic E-state index is 0.499. The Labute approximate surface area is 132 Å². The molecule has 0 fully saturated rings. The first-order valence-corrected chi connectivity index (χ1v) is 8.69. The highest BCUT2D eigenvalue weighted by atomic mass is 19.4. The lowest BCUT2D eigenvalue weighted by molar-refractivity contribution is -0.205. The summed E-state index contributed by atoms with van der Waals surface area (Å²) in [5, 5.41) is 0. The topological polar surface area (TPSA) is 26.3 Å². The fourth-order valence-corrected chi connectivity index (χ4v) is 2.49. The normalized spacial score (nSPS) is 13.1. The molecule has 132 valence electrons. The van der Waals surface area contributed by atoms with Crippen molar-refractivity contribution in [3.8, 4) is 0 Å². The van der Waals surface area contributed by atoms with Crippen LogP contribution in [0.2, 0.25) is 0 Å². The van der Waals surface area contributed by atoms with E-state index >= 15 is 0 Å². The molecule has 0 aromatic rings. The van der Waals surface area contributed by atoms with Crippen LogP contribution in [0.25, 0.3) is 0 Å². The number of carbonyl (C=O) groups is 1. The van der Waals surface area contributed by atoms with Gasteiger partial charge in [0, 0.05) is 0 Å². The summed E-state index contributed by atoms with van der Waals surface area (Å²) in [7, 11) is 0. The van der Waals surface area contributed by atoms with Crippen LogP contribution in [0.5, 0.6) is 0 Å². The molecule has 0 spiro atoms. The third-order valence-electron chi connectivity index (χ3n) is 3.75. The van der Waals surface area contributed by atoms with Crippen molar-refractivity contribution in [1.29, 1.82) is 0 Å². The third kappa shape index (κ3) is 11.9. The smallest absolute Gasteiger partial charge is 0.456 e. The summed E-state index contributed by atoms with van der Waals surface area (Å²) in [5.74, 6) is -2.05. The highest BCUT2D eigenvalue weighted by molar-refractivity contribution is 5.75. The molecule has 0 radical (unpaired) electrons. The van der Waals surface area contributed by atoms with Crippen LogP contribution in [-0.2, 0) is 9.53 Å². The van der Waals surface area contributed by atoms with Crippen molar-refractivity contribution in [2.75, 3.05) is 0 Å². The van der Waals surface area contributed by atoms with E-state index in [9.17, 15) is 18.0 Å². The average molecular weight is 324 g/mol. The summed E-state index contributed by atoms with van der Waals surface area (Å²) < 4.78 is 41.1. The second kappa shape index (κ2) is 12.8. The average Bonchev–Trinajstić information content (AvgIpc) is 2.44. The van der Waals surface area contributed by atoms with Crippen LogP contribution in [0.4, 0.5) is 13.2 Å². The second-order valence-electron chi connectivity index (χ2n) is 5.93. The first-order valence-electron chi connectivity index (χ1n) is 8.69. The summed E-state index contributed by atoms with van der Waals surface area (Å²) in [6, 6.07) is 0. The van der Waals surface area contributed by atoms with E-state index in [1.165, 1.54) is 38.5 Å². The minimum Gasteiger partial charge on any atom is -0.456 e. The zero-order valence-electron chi connectivity index (χ0n) is 14.0. The molecule has 0 saturated carbocycles. The lowest BCUT2D eigenvalue weighted by Gasteiger charge is -2.18. The highest BCUT2D eigenvalue weighted by Gasteiger charge is 2.42. The van der Waals surface area contributed by atoms with Gasteiger partial charge in [0.1, 0.15) is 6.10 Å². The van der Waals surface area contributed by atoms with E-state index in [4.69, 9.17) is 0 Å². The van der Waals surface area contributed by atoms with Gasteiger partial charge in [-0.25, -0.2) is 4.79 Å². The zero-order chi connectivity index (χ0) is 16.8. The Balaban J connectivity index is 3.72. The number of alkyl halides is 3. The summed E-state index contributed by atoms with van der Waals surface area (Å²) in [6.45, 7) is 4.07. The van der Waals surface area contributed by atoms with Gasteiger partial charge in [0.15, 0.2) is 0 Å². The van der Waals surface area contributed by atoms with Gasteiger partial charge in [0.05, 0.1) is 0 Å². The van der Waals surface area contributed by atoms with E-state index in [1.807, 2.05) is 6.92 Å². The van der Waals surface area contributed by atoms with Gasteiger partial charge in [0.2, 0.25) is 0 Å². The van der Waals surface area contributed by atoms with Crippen molar-refractivity contribution >= 4 is 5.97 Å². The highest BCUT2D eigenvalue weighted by Crippen LogP contribution is 2.21. The van der Waals surface area contributed by atoms with Gasteiger partial charge in [-0.3, -0.25) is 0 Å². The van der Waals surface area contributed by atoms with E-state index in [0.717, 1.165) is 19.3 Å². The molecule has 0 aliphatic heterocycles. The molecule has 0 aliphatic rings. The van der Waals surface area contributed by atoms with Crippen LogP contribution >= 0.6 is 0 Å². The molecule has 0 heterocycles. The Morgan fingerprint density at radius 3 is 1.77 bits per heavy atom. The van der Waals surface area contributed by atoms with Crippen molar-refractivity contribution in [2.24, 2.45) is 0 Å². The van der Waals surface area contributed by atoms with Crippen molar-refractivity contribution in [3.05, 3.63) is 0 Å². The number of halogens is 3. The number of rotatable bonds is 13. The fourth-order valence-electron chi connectivity index (χ4n) is 2.49. The summed E-state index contributed by atoms with van der Waals surface area (Å²) in [4.78, 5) is 10.9. The predicted molar refractivity (Wildman–Crippen MR) is 82.7 cm³/mol. The van der Waals surface area contributed by atoms with Crippen LogP contribution in [0, 0.1) is 0 Å². The first kappa shape index (κ1) is 21.3. The number of unbranched alkanes of at least 4 members (excludes halogenated alkanes) is 8. The molecule has 0 aromatic heterocycles. The molecule has 0 saturated heterocycles. The Hall–Kier alpha value is -0.740. The Morgan fingerprint density at radius 2 is 1.32 bits per heavy atom. The number of hydrogen-bond acceptors (Lipinski definition) is 2. The lowest BCUT2D eigenvalue weighted by atomic mass is 10.0. The molecule has 0 N–H and O–H groups in total. The Morgan fingerprint density at radius 1 is 0.818 bits per heavy atom. The minimum atomic E-state index is -4.88. The molecular formula is C17H31F3O2. The largest absolute Gasteiger partial charge is 0.490 e. The molecule has 22 heavy (non-hydrogen) atoms. The molecule has 5 heteroatoms. The van der Waals surface area contributed by atoms with Gasteiger partial charge >= 0.3 is 12.1 Å². The Kier molecular flexibility index (Phi) is 12.3. The van der Waals surface area contributed by atoms with Crippen molar-refractivity contribution in [3.63, 3.8) is 0 Å². The van der Waals surface area contributed by atoms with Crippen molar-refractivity contribution < 1.29 is 22.7 Å². The van der Waals surface area contributed by atoms with E-state index in [1.54, 1.807) is 0 Å². The van der Waals surface area contributed by atoms with Crippen LogP contribution in [0.3, 0.4) is 0 Å². The van der Waals surface area contributed by atoms with E-state index < -0.39 is 18.2 Å². The molecule has 1 unspecified atom stereocenters. The zero-order valence-corrected chi connectivity index (χ0v) is 14.0. The van der Waals surface area contributed by atoms with Crippen molar-refractivity contribution in [1.82, 2.24) is 0 Å². The van der Waals surface area contributed by atoms with Crippen LogP contribution in [0.15, 0.2) is 0 Å². The molecule has 0 rings (SSSR count). The fraction of sp³-hybridized carbons (Fsp3) is 0.941. The maximum Gasteiger partial charge on any atom is 0.490 e. The molecule has 0 bridgehead atoms. The van der Waals surface area contributed by atoms with Gasteiger partial charge in [-0.1, -0.05) is 71.6 Å².